The lowest BCUT2D eigenvalue weighted by Crippen LogP contribution is -2.28. The summed E-state index contributed by atoms with van der Waals surface area (Å²) in [7, 11) is -1.75. The summed E-state index contributed by atoms with van der Waals surface area (Å²) in [5, 5.41) is 5.77. The number of furan rings is 1. The van der Waals surface area contributed by atoms with Crippen LogP contribution in [-0.2, 0) is 30.2 Å². The van der Waals surface area contributed by atoms with Crippen LogP contribution in [0.5, 0.6) is 0 Å². The molecule has 0 radical (unpaired) electrons. The quantitative estimate of drug-likeness (QED) is 0.578. The first-order valence-corrected chi connectivity index (χ1v) is 10.8. The smallest absolute Gasteiger partial charge is 0.237 e. The van der Waals surface area contributed by atoms with Crippen LogP contribution in [0.3, 0.4) is 0 Å². The van der Waals surface area contributed by atoms with Gasteiger partial charge in [-0.3, -0.25) is 4.68 Å². The van der Waals surface area contributed by atoms with E-state index in [4.69, 9.17) is 4.42 Å². The molecule has 146 valence electrons. The van der Waals surface area contributed by atoms with Crippen molar-refractivity contribution in [3.63, 3.8) is 0 Å². The van der Waals surface area contributed by atoms with Crippen molar-refractivity contribution in [2.45, 2.75) is 31.8 Å². The third-order valence-electron chi connectivity index (χ3n) is 4.80. The second-order valence-electron chi connectivity index (χ2n) is 7.06. The fourth-order valence-corrected chi connectivity index (χ4v) is 4.31. The molecular weight excluding hydrogens is 374 g/mol. The molecule has 0 N–H and O–H groups in total. The Labute approximate surface area is 165 Å². The zero-order valence-corrected chi connectivity index (χ0v) is 16.5. The SMILES string of the molecule is Cn1nc(CN(Cc2ccco2)S(=O)(=O)/C=C/c2ccccc2)cc1C1CC1. The predicted octanol–water partition coefficient (Wildman–Crippen LogP) is 3.89. The molecule has 0 unspecified atom stereocenters. The summed E-state index contributed by atoms with van der Waals surface area (Å²) in [4.78, 5) is 0. The van der Waals surface area contributed by atoms with E-state index < -0.39 is 10.0 Å². The first-order chi connectivity index (χ1) is 13.5. The average molecular weight is 398 g/mol. The number of aryl methyl sites for hydroxylation is 1. The lowest BCUT2D eigenvalue weighted by atomic mass is 10.2. The van der Waals surface area contributed by atoms with Gasteiger partial charge < -0.3 is 4.42 Å². The molecule has 4 rings (SSSR count). The highest BCUT2D eigenvalue weighted by Crippen LogP contribution is 2.40. The number of nitrogens with zero attached hydrogens (tertiary/aromatic N) is 3. The van der Waals surface area contributed by atoms with Gasteiger partial charge >= 0.3 is 0 Å². The van der Waals surface area contributed by atoms with E-state index in [1.165, 1.54) is 28.2 Å². The molecule has 2 aromatic heterocycles. The number of rotatable bonds is 8. The Hall–Kier alpha value is -2.64. The van der Waals surface area contributed by atoms with Crippen molar-refractivity contribution in [1.29, 1.82) is 0 Å². The Morgan fingerprint density at radius 2 is 1.96 bits per heavy atom. The summed E-state index contributed by atoms with van der Waals surface area (Å²) in [5.74, 6) is 1.15. The van der Waals surface area contributed by atoms with Crippen molar-refractivity contribution in [2.75, 3.05) is 0 Å². The lowest BCUT2D eigenvalue weighted by molar-refractivity contribution is 0.358. The normalized spacial score (nSPS) is 14.9. The zero-order chi connectivity index (χ0) is 19.6. The van der Waals surface area contributed by atoms with Gasteiger partial charge in [-0.15, -0.1) is 0 Å². The van der Waals surface area contributed by atoms with E-state index in [1.807, 2.05) is 48.1 Å². The Morgan fingerprint density at radius 1 is 1.18 bits per heavy atom. The molecular formula is C21H23N3O3S. The summed E-state index contributed by atoms with van der Waals surface area (Å²) in [6.45, 7) is 0.354. The molecule has 0 spiro atoms. The van der Waals surface area contributed by atoms with E-state index in [0.29, 0.717) is 11.7 Å². The molecule has 3 aromatic rings. The largest absolute Gasteiger partial charge is 0.468 e. The number of benzene rings is 1. The van der Waals surface area contributed by atoms with Crippen molar-refractivity contribution >= 4 is 16.1 Å². The van der Waals surface area contributed by atoms with Crippen LogP contribution in [0.1, 0.15) is 41.5 Å². The maximum Gasteiger partial charge on any atom is 0.237 e. The van der Waals surface area contributed by atoms with Gasteiger partial charge in [0.15, 0.2) is 0 Å². The Balaban J connectivity index is 1.59. The van der Waals surface area contributed by atoms with Crippen LogP contribution in [0.15, 0.2) is 64.6 Å². The molecule has 0 bridgehead atoms. The molecule has 6 nitrogen and oxygen atoms in total. The molecule has 0 atom stereocenters. The minimum atomic E-state index is -3.66. The highest BCUT2D eigenvalue weighted by Gasteiger charge is 2.28. The van der Waals surface area contributed by atoms with Crippen molar-refractivity contribution in [1.82, 2.24) is 14.1 Å². The van der Waals surface area contributed by atoms with E-state index in [-0.39, 0.29) is 13.1 Å². The molecule has 1 aromatic carbocycles. The third kappa shape index (κ3) is 4.43. The minimum Gasteiger partial charge on any atom is -0.468 e. The highest BCUT2D eigenvalue weighted by atomic mass is 32.2. The van der Waals surface area contributed by atoms with Crippen LogP contribution in [0.4, 0.5) is 0 Å². The molecule has 1 saturated carbocycles. The highest BCUT2D eigenvalue weighted by molar-refractivity contribution is 7.92. The van der Waals surface area contributed by atoms with E-state index >= 15 is 0 Å². The van der Waals surface area contributed by atoms with Gasteiger partial charge in [0, 0.05) is 24.1 Å². The maximum absolute atomic E-state index is 13.0. The van der Waals surface area contributed by atoms with Gasteiger partial charge in [0.25, 0.3) is 0 Å². The van der Waals surface area contributed by atoms with Crippen LogP contribution in [-0.4, -0.2) is 22.5 Å². The number of hydrogen-bond donors (Lipinski definition) is 0. The number of sulfonamides is 1. The summed E-state index contributed by atoms with van der Waals surface area (Å²) in [5.41, 5.74) is 2.75. The van der Waals surface area contributed by atoms with Gasteiger partial charge in [0.05, 0.1) is 25.0 Å². The van der Waals surface area contributed by atoms with Crippen LogP contribution in [0, 0.1) is 0 Å². The monoisotopic (exact) mass is 397 g/mol. The third-order valence-corrected chi connectivity index (χ3v) is 6.26. The predicted molar refractivity (Wildman–Crippen MR) is 108 cm³/mol. The van der Waals surface area contributed by atoms with Crippen LogP contribution in [0.2, 0.25) is 0 Å². The van der Waals surface area contributed by atoms with Crippen molar-refractivity contribution in [2.24, 2.45) is 7.05 Å². The lowest BCUT2D eigenvalue weighted by Gasteiger charge is -2.18. The van der Waals surface area contributed by atoms with E-state index in [2.05, 4.69) is 5.10 Å². The molecule has 1 fully saturated rings. The standard InChI is InChI=1S/C21H23N3O3S/c1-23-21(18-9-10-18)14-19(22-23)15-24(16-20-8-5-12-27-20)28(25,26)13-11-17-6-3-2-4-7-17/h2-8,11-14,18H,9-10,15-16H2,1H3/b13-11+. The van der Waals surface area contributed by atoms with Gasteiger partial charge in [-0.1, -0.05) is 30.3 Å². The summed E-state index contributed by atoms with van der Waals surface area (Å²) in [6.07, 6.45) is 5.50. The molecule has 1 aliphatic rings. The van der Waals surface area contributed by atoms with Gasteiger partial charge in [-0.2, -0.15) is 9.40 Å². The summed E-state index contributed by atoms with van der Waals surface area (Å²) < 4.78 is 34.7. The Kier molecular flexibility index (Phi) is 5.19. The summed E-state index contributed by atoms with van der Waals surface area (Å²) >= 11 is 0. The molecule has 1 aliphatic carbocycles. The van der Waals surface area contributed by atoms with E-state index in [9.17, 15) is 8.42 Å². The van der Waals surface area contributed by atoms with Gasteiger partial charge in [0.1, 0.15) is 5.76 Å². The van der Waals surface area contributed by atoms with Crippen molar-refractivity contribution < 1.29 is 12.8 Å². The summed E-state index contributed by atoms with van der Waals surface area (Å²) in [6, 6.07) is 14.9. The fourth-order valence-electron chi connectivity index (χ4n) is 3.19. The number of hydrogen-bond acceptors (Lipinski definition) is 4. The first-order valence-electron chi connectivity index (χ1n) is 9.30. The molecule has 0 amide bonds. The zero-order valence-electron chi connectivity index (χ0n) is 15.7. The molecule has 0 aliphatic heterocycles. The molecule has 2 heterocycles. The number of aromatic nitrogens is 2. The van der Waals surface area contributed by atoms with Crippen molar-refractivity contribution in [3.05, 3.63) is 82.9 Å². The van der Waals surface area contributed by atoms with Gasteiger partial charge in [-0.25, -0.2) is 8.42 Å². The van der Waals surface area contributed by atoms with E-state index in [0.717, 1.165) is 11.3 Å². The van der Waals surface area contributed by atoms with Gasteiger partial charge in [0.2, 0.25) is 10.0 Å². The maximum atomic E-state index is 13.0. The van der Waals surface area contributed by atoms with Crippen LogP contribution >= 0.6 is 0 Å². The first kappa shape index (κ1) is 18.7. The molecule has 28 heavy (non-hydrogen) atoms. The Bertz CT molecular complexity index is 1050. The average Bonchev–Trinajstić information content (AvgIpc) is 3.27. The van der Waals surface area contributed by atoms with Crippen molar-refractivity contribution in [3.8, 4) is 0 Å². The Morgan fingerprint density at radius 3 is 2.64 bits per heavy atom. The molecule has 0 saturated heterocycles. The van der Waals surface area contributed by atoms with E-state index in [1.54, 1.807) is 24.5 Å². The van der Waals surface area contributed by atoms with Crippen LogP contribution in [0.25, 0.3) is 6.08 Å². The van der Waals surface area contributed by atoms with Gasteiger partial charge in [-0.05, 0) is 42.7 Å². The topological polar surface area (TPSA) is 68.3 Å². The minimum absolute atomic E-state index is 0.157. The van der Waals surface area contributed by atoms with Crippen LogP contribution < -0.4 is 0 Å². The molecule has 7 heteroatoms. The fraction of sp³-hybridized carbons (Fsp3) is 0.286. The second kappa shape index (κ2) is 7.77. The second-order valence-corrected chi connectivity index (χ2v) is 8.88.